The summed E-state index contributed by atoms with van der Waals surface area (Å²) in [5.74, 6) is 0.999. The minimum Gasteiger partial charge on any atom is -0.307 e. The van der Waals surface area contributed by atoms with Crippen molar-refractivity contribution >= 4 is 55.2 Å². The summed E-state index contributed by atoms with van der Waals surface area (Å²) in [4.78, 5) is 14.3. The van der Waals surface area contributed by atoms with Crippen molar-refractivity contribution in [3.63, 3.8) is 0 Å². The van der Waals surface area contributed by atoms with Crippen molar-refractivity contribution in [3.8, 4) is 34.2 Å². The topological polar surface area (TPSA) is 48.5 Å². The van der Waals surface area contributed by atoms with Gasteiger partial charge in [0, 0.05) is 32.7 Å². The van der Waals surface area contributed by atoms with E-state index in [1.165, 1.54) is 5.39 Å². The molecule has 0 saturated heterocycles. The zero-order valence-corrected chi connectivity index (χ0v) is 24.7. The summed E-state index contributed by atoms with van der Waals surface area (Å²) >= 11 is 6.64. The lowest BCUT2D eigenvalue weighted by Crippen LogP contribution is -2.06. The Labute approximate surface area is 263 Å². The van der Waals surface area contributed by atoms with Crippen molar-refractivity contribution in [3.05, 3.63) is 151 Å². The number of rotatable bonds is 4. The number of hydrogen-bond donors (Lipinski definition) is 0. The molecular formula is C39H24ClN5. The van der Waals surface area contributed by atoms with Crippen LogP contribution in [-0.2, 0) is 0 Å². The van der Waals surface area contributed by atoms with Crippen molar-refractivity contribution in [2.75, 3.05) is 0 Å². The van der Waals surface area contributed by atoms with Gasteiger partial charge in [0.2, 0.25) is 11.2 Å². The molecule has 0 saturated carbocycles. The average Bonchev–Trinajstić information content (AvgIpc) is 3.62. The normalized spacial score (nSPS) is 11.7. The largest absolute Gasteiger partial charge is 0.307 e. The van der Waals surface area contributed by atoms with Gasteiger partial charge in [-0.2, -0.15) is 15.0 Å². The molecule has 0 unspecified atom stereocenters. The predicted octanol–water partition coefficient (Wildman–Crippen LogP) is 10.1. The van der Waals surface area contributed by atoms with E-state index in [2.05, 4.69) is 129 Å². The van der Waals surface area contributed by atoms with Crippen LogP contribution in [0.25, 0.3) is 77.8 Å². The van der Waals surface area contributed by atoms with Gasteiger partial charge in [-0.1, -0.05) is 127 Å². The van der Waals surface area contributed by atoms with E-state index in [1.807, 2.05) is 30.3 Å². The first-order chi connectivity index (χ1) is 22.3. The second kappa shape index (κ2) is 10.2. The van der Waals surface area contributed by atoms with Crippen LogP contribution < -0.4 is 0 Å². The standard InChI is InChI=1S/C39H24ClN5/c40-38-41-37(26-15-5-2-6-16-26)42-39(43-38)45-34-22-12-9-19-29(34)31-24-23-30-28-18-8-11-21-33(28)44(35(30)36(31)45)32-20-10-7-17-27(32)25-13-3-1-4-14-25/h1-24H. The van der Waals surface area contributed by atoms with Crippen LogP contribution in [0.2, 0.25) is 5.28 Å². The summed E-state index contributed by atoms with van der Waals surface area (Å²) in [5, 5.41) is 4.69. The predicted molar refractivity (Wildman–Crippen MR) is 184 cm³/mol. The fourth-order valence-corrected chi connectivity index (χ4v) is 6.80. The van der Waals surface area contributed by atoms with Crippen molar-refractivity contribution in [2.45, 2.75) is 0 Å². The monoisotopic (exact) mass is 597 g/mol. The second-order valence-corrected chi connectivity index (χ2v) is 11.4. The Morgan fingerprint density at radius 2 is 0.956 bits per heavy atom. The van der Waals surface area contributed by atoms with E-state index in [9.17, 15) is 0 Å². The summed E-state index contributed by atoms with van der Waals surface area (Å²) in [6.45, 7) is 0. The Morgan fingerprint density at radius 3 is 1.64 bits per heavy atom. The van der Waals surface area contributed by atoms with Gasteiger partial charge >= 0.3 is 0 Å². The lowest BCUT2D eigenvalue weighted by molar-refractivity contribution is 0.947. The van der Waals surface area contributed by atoms with E-state index in [0.717, 1.165) is 60.6 Å². The Kier molecular flexibility index (Phi) is 5.80. The molecule has 0 fully saturated rings. The van der Waals surface area contributed by atoms with Crippen LogP contribution in [0.4, 0.5) is 0 Å². The molecule has 6 aromatic carbocycles. The highest BCUT2D eigenvalue weighted by atomic mass is 35.5. The summed E-state index contributed by atoms with van der Waals surface area (Å²) in [6, 6.07) is 50.5. The van der Waals surface area contributed by atoms with Crippen LogP contribution in [-0.4, -0.2) is 24.1 Å². The Hall–Kier alpha value is -5.78. The van der Waals surface area contributed by atoms with E-state index in [0.29, 0.717) is 11.8 Å². The highest BCUT2D eigenvalue weighted by molar-refractivity contribution is 6.28. The molecule has 0 aliphatic heterocycles. The SMILES string of the molecule is Clc1nc(-c2ccccc2)nc(-n2c3ccccc3c3ccc4c5ccccc5n(-c5ccccc5-c5ccccc5)c4c32)n1. The van der Waals surface area contributed by atoms with Crippen molar-refractivity contribution in [2.24, 2.45) is 0 Å². The minimum absolute atomic E-state index is 0.145. The van der Waals surface area contributed by atoms with E-state index >= 15 is 0 Å². The van der Waals surface area contributed by atoms with Crippen molar-refractivity contribution in [1.82, 2.24) is 24.1 Å². The maximum absolute atomic E-state index is 6.64. The van der Waals surface area contributed by atoms with Crippen LogP contribution in [0, 0.1) is 0 Å². The molecule has 212 valence electrons. The zero-order chi connectivity index (χ0) is 29.9. The number of halogens is 1. The summed E-state index contributed by atoms with van der Waals surface area (Å²) in [5.41, 5.74) is 8.48. The first-order valence-electron chi connectivity index (χ1n) is 14.8. The molecule has 9 aromatic rings. The smallest absolute Gasteiger partial charge is 0.239 e. The molecule has 0 atom stereocenters. The summed E-state index contributed by atoms with van der Waals surface area (Å²) in [7, 11) is 0. The molecule has 6 heteroatoms. The molecule has 0 aliphatic rings. The molecule has 0 radical (unpaired) electrons. The minimum atomic E-state index is 0.145. The molecular weight excluding hydrogens is 574 g/mol. The van der Waals surface area contributed by atoms with Gasteiger partial charge in [-0.3, -0.25) is 4.57 Å². The highest BCUT2D eigenvalue weighted by Gasteiger charge is 2.23. The third-order valence-electron chi connectivity index (χ3n) is 8.53. The molecule has 9 rings (SSSR count). The number of aromatic nitrogens is 5. The number of fused-ring (bicyclic) bond motifs is 7. The maximum Gasteiger partial charge on any atom is 0.239 e. The molecule has 0 N–H and O–H groups in total. The van der Waals surface area contributed by atoms with Crippen LogP contribution in [0.15, 0.2) is 146 Å². The average molecular weight is 598 g/mol. The molecule has 0 aliphatic carbocycles. The van der Waals surface area contributed by atoms with Crippen molar-refractivity contribution in [1.29, 1.82) is 0 Å². The van der Waals surface area contributed by atoms with Crippen LogP contribution in [0.1, 0.15) is 0 Å². The third-order valence-corrected chi connectivity index (χ3v) is 8.70. The third kappa shape index (κ3) is 3.98. The van der Waals surface area contributed by atoms with Gasteiger partial charge in [-0.15, -0.1) is 0 Å². The number of hydrogen-bond acceptors (Lipinski definition) is 3. The molecule has 0 amide bonds. The number of para-hydroxylation sites is 3. The number of benzene rings is 6. The van der Waals surface area contributed by atoms with Gasteiger partial charge in [-0.05, 0) is 35.4 Å². The Morgan fingerprint density at radius 1 is 0.422 bits per heavy atom. The molecule has 3 aromatic heterocycles. The summed E-state index contributed by atoms with van der Waals surface area (Å²) in [6.07, 6.45) is 0. The van der Waals surface area contributed by atoms with E-state index in [-0.39, 0.29) is 5.28 Å². The van der Waals surface area contributed by atoms with Gasteiger partial charge < -0.3 is 4.57 Å². The molecule has 0 bridgehead atoms. The first kappa shape index (κ1) is 25.7. The van der Waals surface area contributed by atoms with Gasteiger partial charge in [0.15, 0.2) is 5.82 Å². The maximum atomic E-state index is 6.64. The molecule has 45 heavy (non-hydrogen) atoms. The number of nitrogens with zero attached hydrogens (tertiary/aromatic N) is 5. The van der Waals surface area contributed by atoms with Gasteiger partial charge in [0.05, 0.1) is 27.8 Å². The first-order valence-corrected chi connectivity index (χ1v) is 15.2. The Bertz CT molecular complexity index is 2550. The van der Waals surface area contributed by atoms with Crippen LogP contribution in [0.3, 0.4) is 0 Å². The van der Waals surface area contributed by atoms with Crippen LogP contribution in [0.5, 0.6) is 0 Å². The Balaban J connectivity index is 1.47. The fraction of sp³-hybridized carbons (Fsp3) is 0. The lowest BCUT2D eigenvalue weighted by Gasteiger charge is -2.15. The second-order valence-electron chi connectivity index (χ2n) is 11.0. The van der Waals surface area contributed by atoms with Gasteiger partial charge in [-0.25, -0.2) is 0 Å². The molecule has 0 spiro atoms. The lowest BCUT2D eigenvalue weighted by atomic mass is 10.0. The van der Waals surface area contributed by atoms with E-state index in [4.69, 9.17) is 21.6 Å². The van der Waals surface area contributed by atoms with E-state index in [1.54, 1.807) is 0 Å². The molecule has 3 heterocycles. The zero-order valence-electron chi connectivity index (χ0n) is 24.0. The van der Waals surface area contributed by atoms with Gasteiger partial charge in [0.1, 0.15) is 0 Å². The fourth-order valence-electron chi connectivity index (χ4n) is 6.65. The highest BCUT2D eigenvalue weighted by Crippen LogP contribution is 2.42. The summed E-state index contributed by atoms with van der Waals surface area (Å²) < 4.78 is 4.54. The van der Waals surface area contributed by atoms with Crippen molar-refractivity contribution < 1.29 is 0 Å². The van der Waals surface area contributed by atoms with Gasteiger partial charge in [0.25, 0.3) is 0 Å². The molecule has 5 nitrogen and oxygen atoms in total. The van der Waals surface area contributed by atoms with Crippen LogP contribution >= 0.6 is 11.6 Å². The van der Waals surface area contributed by atoms with E-state index < -0.39 is 0 Å². The quantitative estimate of drug-likeness (QED) is 0.203.